The molecule has 178 valence electrons. The van der Waals surface area contributed by atoms with Crippen LogP contribution in [-0.2, 0) is 16.4 Å². The van der Waals surface area contributed by atoms with Crippen molar-refractivity contribution in [3.8, 4) is 5.75 Å². The van der Waals surface area contributed by atoms with Crippen LogP contribution in [0.5, 0.6) is 5.75 Å². The van der Waals surface area contributed by atoms with Crippen LogP contribution in [0.4, 0.5) is 0 Å². The van der Waals surface area contributed by atoms with Gasteiger partial charge in [-0.1, -0.05) is 24.6 Å². The number of ether oxygens (including phenoxy) is 1. The summed E-state index contributed by atoms with van der Waals surface area (Å²) in [4.78, 5) is 15.2. The second-order valence-corrected chi connectivity index (χ2v) is 11.2. The van der Waals surface area contributed by atoms with E-state index < -0.39 is 10.0 Å². The Morgan fingerprint density at radius 3 is 2.39 bits per heavy atom. The Balaban J connectivity index is 1.39. The van der Waals surface area contributed by atoms with E-state index in [-0.39, 0.29) is 16.8 Å². The molecule has 6 nitrogen and oxygen atoms in total. The number of piperidine rings is 2. The zero-order valence-corrected chi connectivity index (χ0v) is 20.4. The Kier molecular flexibility index (Phi) is 7.39. The highest BCUT2D eigenvalue weighted by atomic mass is 32.2. The number of carbonyl (C=O) groups is 1. The SMILES string of the molecule is COc1ccc(CC2CCN(C(=O)c3cccc(S(=O)(=O)N4CCCCC4C)c3)CC2)cc1. The molecule has 2 aliphatic rings. The van der Waals surface area contributed by atoms with Crippen molar-refractivity contribution in [3.63, 3.8) is 0 Å². The van der Waals surface area contributed by atoms with Crippen LogP contribution >= 0.6 is 0 Å². The summed E-state index contributed by atoms with van der Waals surface area (Å²) in [5, 5.41) is 0. The molecular weight excluding hydrogens is 436 g/mol. The molecule has 1 atom stereocenters. The van der Waals surface area contributed by atoms with Gasteiger partial charge in [-0.3, -0.25) is 4.79 Å². The van der Waals surface area contributed by atoms with Crippen molar-refractivity contribution in [2.24, 2.45) is 5.92 Å². The molecule has 4 rings (SSSR count). The summed E-state index contributed by atoms with van der Waals surface area (Å²) < 4.78 is 33.2. The fourth-order valence-corrected chi connectivity index (χ4v) is 6.72. The van der Waals surface area contributed by atoms with Crippen LogP contribution in [0.2, 0.25) is 0 Å². The quantitative estimate of drug-likeness (QED) is 0.629. The van der Waals surface area contributed by atoms with E-state index in [1.54, 1.807) is 35.7 Å². The molecule has 1 unspecified atom stereocenters. The Bertz CT molecular complexity index is 1060. The molecular formula is C26H34N2O4S. The van der Waals surface area contributed by atoms with Crippen molar-refractivity contribution >= 4 is 15.9 Å². The number of hydrogen-bond acceptors (Lipinski definition) is 4. The lowest BCUT2D eigenvalue weighted by molar-refractivity contribution is 0.0690. The summed E-state index contributed by atoms with van der Waals surface area (Å²) in [6.45, 7) is 3.89. The molecule has 0 saturated carbocycles. The summed E-state index contributed by atoms with van der Waals surface area (Å²) in [6.07, 6.45) is 5.70. The van der Waals surface area contributed by atoms with Gasteiger partial charge in [0.1, 0.15) is 5.75 Å². The van der Waals surface area contributed by atoms with Crippen molar-refractivity contribution in [1.29, 1.82) is 0 Å². The number of amides is 1. The third-order valence-corrected chi connectivity index (χ3v) is 9.02. The lowest BCUT2D eigenvalue weighted by atomic mass is 9.90. The number of rotatable bonds is 6. The van der Waals surface area contributed by atoms with Crippen LogP contribution in [0.25, 0.3) is 0 Å². The molecule has 7 heteroatoms. The van der Waals surface area contributed by atoms with Gasteiger partial charge in [0.25, 0.3) is 5.91 Å². The van der Waals surface area contributed by atoms with Crippen molar-refractivity contribution in [1.82, 2.24) is 9.21 Å². The van der Waals surface area contributed by atoms with E-state index in [1.165, 1.54) is 5.56 Å². The standard InChI is InChI=1S/C26H34N2O4S/c1-20-6-3-4-15-28(20)33(30,31)25-8-5-7-23(19-25)26(29)27-16-13-22(14-17-27)18-21-9-11-24(32-2)12-10-21/h5,7-12,19-20,22H,3-4,6,13-18H2,1-2H3. The smallest absolute Gasteiger partial charge is 0.253 e. The predicted molar refractivity (Wildman–Crippen MR) is 129 cm³/mol. The highest BCUT2D eigenvalue weighted by Gasteiger charge is 2.32. The van der Waals surface area contributed by atoms with Crippen LogP contribution in [-0.4, -0.2) is 56.3 Å². The molecule has 2 saturated heterocycles. The summed E-state index contributed by atoms with van der Waals surface area (Å²) in [5.74, 6) is 1.31. The molecule has 2 fully saturated rings. The molecule has 0 aromatic heterocycles. The Morgan fingerprint density at radius 1 is 1.00 bits per heavy atom. The average molecular weight is 471 g/mol. The molecule has 1 amide bonds. The van der Waals surface area contributed by atoms with Crippen molar-refractivity contribution in [2.75, 3.05) is 26.7 Å². The molecule has 0 N–H and O–H groups in total. The second-order valence-electron chi connectivity index (χ2n) is 9.28. The summed E-state index contributed by atoms with van der Waals surface area (Å²) in [7, 11) is -1.93. The molecule has 0 bridgehead atoms. The number of carbonyl (C=O) groups excluding carboxylic acids is 1. The largest absolute Gasteiger partial charge is 0.497 e. The first-order valence-corrected chi connectivity index (χ1v) is 13.4. The zero-order chi connectivity index (χ0) is 23.4. The summed E-state index contributed by atoms with van der Waals surface area (Å²) in [6, 6.07) is 14.7. The van der Waals surface area contributed by atoms with Crippen molar-refractivity contribution in [3.05, 3.63) is 59.7 Å². The van der Waals surface area contributed by atoms with Crippen LogP contribution in [0.3, 0.4) is 0 Å². The van der Waals surface area contributed by atoms with Gasteiger partial charge in [-0.05, 0) is 80.8 Å². The van der Waals surface area contributed by atoms with Crippen LogP contribution in [0.1, 0.15) is 54.9 Å². The van der Waals surface area contributed by atoms with Crippen molar-refractivity contribution in [2.45, 2.75) is 56.4 Å². The molecule has 0 spiro atoms. The number of methoxy groups -OCH3 is 1. The van der Waals surface area contributed by atoms with Gasteiger partial charge in [0.15, 0.2) is 0 Å². The van der Waals surface area contributed by atoms with Crippen molar-refractivity contribution < 1.29 is 17.9 Å². The third kappa shape index (κ3) is 5.41. The fraction of sp³-hybridized carbons (Fsp3) is 0.500. The Morgan fingerprint density at radius 2 is 1.73 bits per heavy atom. The van der Waals surface area contributed by atoms with E-state index >= 15 is 0 Å². The Labute approximate surface area is 197 Å². The predicted octanol–water partition coefficient (Wildman–Crippen LogP) is 4.35. The van der Waals surface area contributed by atoms with E-state index in [4.69, 9.17) is 4.74 Å². The highest BCUT2D eigenvalue weighted by molar-refractivity contribution is 7.89. The Hall–Kier alpha value is -2.38. The first kappa shape index (κ1) is 23.8. The van der Waals surface area contributed by atoms with Gasteiger partial charge in [-0.25, -0.2) is 8.42 Å². The maximum atomic E-state index is 13.2. The molecule has 2 aliphatic heterocycles. The van der Waals surface area contributed by atoms with Gasteiger partial charge in [-0.2, -0.15) is 4.31 Å². The fourth-order valence-electron chi connectivity index (χ4n) is 4.97. The zero-order valence-electron chi connectivity index (χ0n) is 19.6. The van der Waals surface area contributed by atoms with E-state index in [0.717, 1.165) is 44.3 Å². The topological polar surface area (TPSA) is 66.9 Å². The number of likely N-dealkylation sites (tertiary alicyclic amines) is 1. The van der Waals surface area contributed by atoms with E-state index in [1.807, 2.05) is 24.0 Å². The van der Waals surface area contributed by atoms with Gasteiger partial charge in [0.05, 0.1) is 12.0 Å². The van der Waals surface area contributed by atoms with E-state index in [2.05, 4.69) is 12.1 Å². The number of nitrogens with zero attached hydrogens (tertiary/aromatic N) is 2. The monoisotopic (exact) mass is 470 g/mol. The van der Waals surface area contributed by atoms with Gasteiger partial charge in [-0.15, -0.1) is 0 Å². The summed E-state index contributed by atoms with van der Waals surface area (Å²) >= 11 is 0. The maximum Gasteiger partial charge on any atom is 0.253 e. The molecule has 2 aromatic carbocycles. The van der Waals surface area contributed by atoms with Crippen LogP contribution < -0.4 is 4.74 Å². The molecule has 33 heavy (non-hydrogen) atoms. The minimum Gasteiger partial charge on any atom is -0.497 e. The highest BCUT2D eigenvalue weighted by Crippen LogP contribution is 2.27. The lowest BCUT2D eigenvalue weighted by Crippen LogP contribution is -2.42. The second kappa shape index (κ2) is 10.3. The molecule has 0 radical (unpaired) electrons. The van der Waals surface area contributed by atoms with Crippen LogP contribution in [0, 0.1) is 5.92 Å². The average Bonchev–Trinajstić information content (AvgIpc) is 2.85. The van der Waals surface area contributed by atoms with Crippen LogP contribution in [0.15, 0.2) is 53.4 Å². The first-order valence-electron chi connectivity index (χ1n) is 11.9. The molecule has 0 aliphatic carbocycles. The molecule has 2 heterocycles. The normalized spacial score (nSPS) is 20.5. The minimum absolute atomic E-state index is 0.00663. The minimum atomic E-state index is -3.59. The third-order valence-electron chi connectivity index (χ3n) is 7.01. The van der Waals surface area contributed by atoms with Gasteiger partial charge >= 0.3 is 0 Å². The van der Waals surface area contributed by atoms with Gasteiger partial charge < -0.3 is 9.64 Å². The number of benzene rings is 2. The number of hydrogen-bond donors (Lipinski definition) is 0. The maximum absolute atomic E-state index is 13.2. The first-order chi connectivity index (χ1) is 15.9. The number of sulfonamides is 1. The lowest BCUT2D eigenvalue weighted by Gasteiger charge is -2.33. The van der Waals surface area contributed by atoms with E-state index in [0.29, 0.717) is 31.1 Å². The van der Waals surface area contributed by atoms with Gasteiger partial charge in [0.2, 0.25) is 10.0 Å². The molecule has 2 aromatic rings. The van der Waals surface area contributed by atoms with Gasteiger partial charge in [0, 0.05) is 31.2 Å². The van der Waals surface area contributed by atoms with E-state index in [9.17, 15) is 13.2 Å². The summed E-state index contributed by atoms with van der Waals surface area (Å²) in [5.41, 5.74) is 1.74.